The second-order valence-corrected chi connectivity index (χ2v) is 13.2. The predicted molar refractivity (Wildman–Crippen MR) is 169 cm³/mol. The average molecular weight is 706 g/mol. The average Bonchev–Trinajstić information content (AvgIpc) is 3.87. The highest BCUT2D eigenvalue weighted by Crippen LogP contribution is 2.27. The second-order valence-electron chi connectivity index (χ2n) is 11.5. The van der Waals surface area contributed by atoms with Gasteiger partial charge in [0, 0.05) is 65.2 Å². The molecule has 0 radical (unpaired) electrons. The molecule has 2 saturated heterocycles. The van der Waals surface area contributed by atoms with Crippen molar-refractivity contribution in [2.75, 3.05) is 59.0 Å². The molecule has 3 fully saturated rings. The minimum absolute atomic E-state index is 0.0206. The molecule has 3 amide bonds. The van der Waals surface area contributed by atoms with Crippen LogP contribution < -0.4 is 21.1 Å². The molecule has 20 nitrogen and oxygen atoms in total. The van der Waals surface area contributed by atoms with Crippen molar-refractivity contribution in [3.8, 4) is 0 Å². The Morgan fingerprint density at radius 3 is 2.27 bits per heavy atom. The summed E-state index contributed by atoms with van der Waals surface area (Å²) in [6.45, 7) is 2.97. The number of nitrogens with two attached hydrogens (primary N) is 1. The summed E-state index contributed by atoms with van der Waals surface area (Å²) in [4.78, 5) is 62.1. The van der Waals surface area contributed by atoms with Crippen LogP contribution in [-0.2, 0) is 38.9 Å². The Hall–Kier alpha value is -4.08. The number of piperidine rings is 1. The number of carbonyl (C=O) groups excluding carboxylic acids is 3. The number of likely N-dealkylation sites (tertiary alicyclic amines) is 1. The lowest BCUT2D eigenvalue weighted by Gasteiger charge is -2.33. The molecule has 1 aliphatic carbocycles. The Labute approximate surface area is 278 Å². The van der Waals surface area contributed by atoms with Crippen LogP contribution in [0.4, 0.5) is 0 Å². The number of carboxylic acids is 2. The third kappa shape index (κ3) is 14.4. The van der Waals surface area contributed by atoms with E-state index in [0.717, 1.165) is 24.1 Å². The number of carboxylic acid groups (broad SMARTS) is 2. The van der Waals surface area contributed by atoms with Gasteiger partial charge in [0.05, 0.1) is 26.1 Å². The maximum Gasteiger partial charge on any atom is 0.303 e. The summed E-state index contributed by atoms with van der Waals surface area (Å²) in [5.74, 6) is -3.97. The van der Waals surface area contributed by atoms with Gasteiger partial charge in [-0.2, -0.15) is 17.4 Å². The Kier molecular flexibility index (Phi) is 16.4. The van der Waals surface area contributed by atoms with Crippen LogP contribution >= 0.6 is 0 Å². The number of morpholine rings is 1. The molecular weight excluding hydrogens is 658 g/mol. The maximum atomic E-state index is 13.8. The van der Waals surface area contributed by atoms with Gasteiger partial charge in [-0.1, -0.05) is 5.16 Å². The van der Waals surface area contributed by atoms with Crippen molar-refractivity contribution in [1.82, 2.24) is 29.5 Å². The summed E-state index contributed by atoms with van der Waals surface area (Å²) in [5, 5.41) is 41.1. The highest BCUT2D eigenvalue weighted by atomic mass is 32.2. The van der Waals surface area contributed by atoms with Crippen molar-refractivity contribution >= 4 is 51.5 Å². The molecule has 0 aromatic carbocycles. The smallest absolute Gasteiger partial charge is 0.303 e. The third-order valence-electron chi connectivity index (χ3n) is 7.60. The molecule has 0 aromatic rings. The summed E-state index contributed by atoms with van der Waals surface area (Å²) in [6.07, 6.45) is 1.77. The zero-order valence-electron chi connectivity index (χ0n) is 26.9. The lowest BCUT2D eigenvalue weighted by atomic mass is 9.98. The van der Waals surface area contributed by atoms with Crippen molar-refractivity contribution in [2.45, 2.75) is 64.0 Å². The molecule has 3 rings (SSSR count). The summed E-state index contributed by atoms with van der Waals surface area (Å²) in [7, 11) is -4.16. The lowest BCUT2D eigenvalue weighted by Crippen LogP contribution is -2.56. The fraction of sp³-hybridized carbons (Fsp3) is 0.741. The third-order valence-corrected chi connectivity index (χ3v) is 9.23. The minimum Gasteiger partial charge on any atom is -0.481 e. The standard InChI is InChI=1S/C25H43N9O9S.C2H4O2/c26-25(27)32-8-1-2-17(16-32)15-29-21(35)14-20(31-44(41,42)33-10-12-43-13-11-33)24(39)34(18-3-4-18)9-7-28-23(38)19(30-40)5-6-22(36)37;1-2(3)4/h17-18,20,31,40H,1-16H2,(H3,26,27)(H,28,38)(H,29,35)(H,36,37);1H3,(H,3,4)/b30-19-;/t17-,20-;/m0./s1. The van der Waals surface area contributed by atoms with Crippen molar-refractivity contribution in [3.05, 3.63) is 0 Å². The fourth-order valence-electron chi connectivity index (χ4n) is 5.07. The number of nitrogens with one attached hydrogen (secondary N) is 4. The molecular formula is C27H47N9O11S. The molecule has 48 heavy (non-hydrogen) atoms. The molecule has 9 N–H and O–H groups in total. The first kappa shape index (κ1) is 40.1. The van der Waals surface area contributed by atoms with Crippen molar-refractivity contribution in [2.24, 2.45) is 16.8 Å². The van der Waals surface area contributed by atoms with Gasteiger partial charge in [-0.3, -0.25) is 29.4 Å². The second kappa shape index (κ2) is 19.7. The van der Waals surface area contributed by atoms with Crippen LogP contribution in [-0.4, -0.2) is 150 Å². The van der Waals surface area contributed by atoms with E-state index in [2.05, 4.69) is 20.5 Å². The quantitative estimate of drug-likeness (QED) is 0.0358. The van der Waals surface area contributed by atoms with Crippen LogP contribution in [0, 0.1) is 11.3 Å². The number of carbonyl (C=O) groups is 5. The van der Waals surface area contributed by atoms with E-state index >= 15 is 0 Å². The van der Waals surface area contributed by atoms with Gasteiger partial charge in [0.15, 0.2) is 5.96 Å². The Bertz CT molecular complexity index is 1280. The van der Waals surface area contributed by atoms with Gasteiger partial charge in [0.25, 0.3) is 22.1 Å². The molecule has 2 atom stereocenters. The van der Waals surface area contributed by atoms with E-state index in [1.165, 1.54) is 4.90 Å². The number of hydrogen-bond acceptors (Lipinski definition) is 11. The predicted octanol–water partition coefficient (Wildman–Crippen LogP) is -2.47. The molecule has 3 aliphatic rings. The van der Waals surface area contributed by atoms with E-state index in [4.69, 9.17) is 36.1 Å². The van der Waals surface area contributed by atoms with E-state index in [1.54, 1.807) is 4.90 Å². The van der Waals surface area contributed by atoms with Crippen LogP contribution in [0.5, 0.6) is 0 Å². The molecule has 0 spiro atoms. The molecule has 1 saturated carbocycles. The zero-order valence-corrected chi connectivity index (χ0v) is 27.7. The van der Waals surface area contributed by atoms with Gasteiger partial charge in [-0.15, -0.1) is 0 Å². The van der Waals surface area contributed by atoms with Gasteiger partial charge < -0.3 is 46.3 Å². The molecule has 272 valence electrons. The first-order chi connectivity index (χ1) is 22.6. The van der Waals surface area contributed by atoms with E-state index < -0.39 is 58.8 Å². The van der Waals surface area contributed by atoms with Gasteiger partial charge in [-0.25, -0.2) is 0 Å². The Balaban J connectivity index is 0.00000189. The van der Waals surface area contributed by atoms with E-state index in [-0.39, 0.29) is 76.0 Å². The minimum atomic E-state index is -4.16. The van der Waals surface area contributed by atoms with E-state index in [9.17, 15) is 27.6 Å². The van der Waals surface area contributed by atoms with Gasteiger partial charge in [0.2, 0.25) is 11.8 Å². The summed E-state index contributed by atoms with van der Waals surface area (Å²) < 4.78 is 35.2. The SMILES string of the molecule is CC(=O)O.N=C(N)N1CCC[C@@H](CNC(=O)C[C@H](NS(=O)(=O)N2CCOCC2)C(=O)N(CCNC(=O)/C(CCC(=O)O)=N\O)C2CC2)C1. The van der Waals surface area contributed by atoms with Crippen LogP contribution in [0.2, 0.25) is 0 Å². The first-order valence-corrected chi connectivity index (χ1v) is 17.0. The van der Waals surface area contributed by atoms with E-state index in [0.29, 0.717) is 25.9 Å². The number of hydrogen-bond donors (Lipinski definition) is 8. The van der Waals surface area contributed by atoms with E-state index in [1.807, 2.05) is 0 Å². The molecule has 21 heteroatoms. The largest absolute Gasteiger partial charge is 0.481 e. The first-order valence-electron chi connectivity index (χ1n) is 15.6. The number of rotatable bonds is 16. The normalized spacial score (nSPS) is 19.2. The van der Waals surface area contributed by atoms with Crippen molar-refractivity contribution < 1.29 is 52.5 Å². The zero-order chi connectivity index (χ0) is 35.9. The number of oxime groups is 1. The monoisotopic (exact) mass is 705 g/mol. The van der Waals surface area contributed by atoms with Gasteiger partial charge >= 0.3 is 5.97 Å². The maximum absolute atomic E-state index is 13.8. The summed E-state index contributed by atoms with van der Waals surface area (Å²) >= 11 is 0. The Morgan fingerprint density at radius 2 is 1.71 bits per heavy atom. The van der Waals surface area contributed by atoms with Crippen LogP contribution in [0.3, 0.4) is 0 Å². The van der Waals surface area contributed by atoms with Crippen molar-refractivity contribution in [1.29, 1.82) is 5.41 Å². The van der Waals surface area contributed by atoms with Crippen molar-refractivity contribution in [3.63, 3.8) is 0 Å². The topological polar surface area (TPSA) is 297 Å². The highest BCUT2D eigenvalue weighted by Gasteiger charge is 2.39. The summed E-state index contributed by atoms with van der Waals surface area (Å²) in [6, 6.07) is -1.64. The number of guanidine groups is 1. The number of nitrogens with zero attached hydrogens (tertiary/aromatic N) is 4. The highest BCUT2D eigenvalue weighted by molar-refractivity contribution is 7.87. The molecule has 0 bridgehead atoms. The number of aliphatic carboxylic acids is 2. The Morgan fingerprint density at radius 1 is 1.06 bits per heavy atom. The molecule has 2 heterocycles. The number of ether oxygens (including phenoxy) is 1. The van der Waals surface area contributed by atoms with Gasteiger partial charge in [0.1, 0.15) is 11.8 Å². The summed E-state index contributed by atoms with van der Waals surface area (Å²) in [5.41, 5.74) is 5.22. The van der Waals surface area contributed by atoms with Crippen LogP contribution in [0.25, 0.3) is 0 Å². The molecule has 0 unspecified atom stereocenters. The fourth-order valence-corrected chi connectivity index (χ4v) is 6.39. The van der Waals surface area contributed by atoms with Crippen LogP contribution in [0.1, 0.15) is 51.9 Å². The van der Waals surface area contributed by atoms with Crippen LogP contribution in [0.15, 0.2) is 5.16 Å². The van der Waals surface area contributed by atoms with Gasteiger partial charge in [-0.05, 0) is 31.6 Å². The molecule has 0 aromatic heterocycles. The number of amides is 3. The molecule has 2 aliphatic heterocycles. The lowest BCUT2D eigenvalue weighted by molar-refractivity contribution is -0.137.